The van der Waals surface area contributed by atoms with Crippen molar-refractivity contribution in [1.29, 1.82) is 0 Å². The highest BCUT2D eigenvalue weighted by Crippen LogP contribution is 2.47. The SMILES string of the molecule is CC(C)(CC1(c2ccc(C(=O)Cc3ccccc3)cc2)CCCC1)OC(N)=O. The van der Waals surface area contributed by atoms with Crippen LogP contribution < -0.4 is 5.73 Å². The second kappa shape index (κ2) is 8.17. The van der Waals surface area contributed by atoms with Crippen LogP contribution in [-0.2, 0) is 16.6 Å². The first kappa shape index (κ1) is 20.1. The molecular weight excluding hydrogens is 350 g/mol. The molecular formula is C24H29NO3. The Labute approximate surface area is 167 Å². The lowest BCUT2D eigenvalue weighted by Gasteiger charge is -2.37. The largest absolute Gasteiger partial charge is 0.444 e. The average Bonchev–Trinajstić information content (AvgIpc) is 3.10. The third-order valence-corrected chi connectivity index (χ3v) is 5.73. The lowest BCUT2D eigenvalue weighted by atomic mass is 9.71. The molecule has 2 N–H and O–H groups in total. The molecule has 28 heavy (non-hydrogen) atoms. The number of nitrogens with two attached hydrogens (primary N) is 1. The van der Waals surface area contributed by atoms with Crippen molar-refractivity contribution in [2.45, 2.75) is 63.4 Å². The minimum Gasteiger partial charge on any atom is -0.444 e. The van der Waals surface area contributed by atoms with Gasteiger partial charge >= 0.3 is 6.09 Å². The second-order valence-electron chi connectivity index (χ2n) is 8.51. The monoisotopic (exact) mass is 379 g/mol. The highest BCUT2D eigenvalue weighted by atomic mass is 16.6. The van der Waals surface area contributed by atoms with Gasteiger partial charge in [0.25, 0.3) is 0 Å². The van der Waals surface area contributed by atoms with Crippen LogP contribution in [0.25, 0.3) is 0 Å². The quantitative estimate of drug-likeness (QED) is 0.673. The molecule has 4 heteroatoms. The first-order chi connectivity index (χ1) is 13.3. The highest BCUT2D eigenvalue weighted by molar-refractivity contribution is 5.97. The van der Waals surface area contributed by atoms with Crippen LogP contribution in [-0.4, -0.2) is 17.5 Å². The molecule has 0 heterocycles. The van der Waals surface area contributed by atoms with E-state index in [4.69, 9.17) is 10.5 Å². The first-order valence-electron chi connectivity index (χ1n) is 9.96. The van der Waals surface area contributed by atoms with E-state index in [0.29, 0.717) is 6.42 Å². The van der Waals surface area contributed by atoms with Gasteiger partial charge in [-0.15, -0.1) is 0 Å². The maximum atomic E-state index is 12.6. The standard InChI is InChI=1S/C24H29NO3/c1-23(2,28-22(25)27)17-24(14-6-7-15-24)20-12-10-19(11-13-20)21(26)16-18-8-4-3-5-9-18/h3-5,8-13H,6-7,14-17H2,1-2H3,(H2,25,27). The van der Waals surface area contributed by atoms with Gasteiger partial charge in [-0.3, -0.25) is 4.79 Å². The lowest BCUT2D eigenvalue weighted by molar-refractivity contribution is 0.0206. The van der Waals surface area contributed by atoms with Crippen molar-refractivity contribution in [2.75, 3.05) is 0 Å². The van der Waals surface area contributed by atoms with Crippen LogP contribution in [0.15, 0.2) is 54.6 Å². The van der Waals surface area contributed by atoms with E-state index in [1.165, 1.54) is 5.56 Å². The van der Waals surface area contributed by atoms with Crippen LogP contribution in [0, 0.1) is 0 Å². The van der Waals surface area contributed by atoms with Gasteiger partial charge in [-0.2, -0.15) is 0 Å². The summed E-state index contributed by atoms with van der Waals surface area (Å²) in [6.07, 6.45) is 4.81. The van der Waals surface area contributed by atoms with Gasteiger partial charge in [0.05, 0.1) is 0 Å². The predicted molar refractivity (Wildman–Crippen MR) is 110 cm³/mol. The van der Waals surface area contributed by atoms with E-state index in [2.05, 4.69) is 12.1 Å². The summed E-state index contributed by atoms with van der Waals surface area (Å²) < 4.78 is 5.36. The molecule has 0 saturated heterocycles. The van der Waals surface area contributed by atoms with Crippen molar-refractivity contribution in [3.05, 3.63) is 71.3 Å². The predicted octanol–water partition coefficient (Wildman–Crippen LogP) is 5.19. The van der Waals surface area contributed by atoms with Crippen molar-refractivity contribution in [1.82, 2.24) is 0 Å². The maximum absolute atomic E-state index is 12.6. The van der Waals surface area contributed by atoms with E-state index < -0.39 is 11.7 Å². The Morgan fingerprint density at radius 1 is 1.00 bits per heavy atom. The summed E-state index contributed by atoms with van der Waals surface area (Å²) >= 11 is 0. The van der Waals surface area contributed by atoms with Crippen molar-refractivity contribution in [3.8, 4) is 0 Å². The number of amides is 1. The van der Waals surface area contributed by atoms with Crippen LogP contribution >= 0.6 is 0 Å². The fourth-order valence-electron chi connectivity index (χ4n) is 4.64. The van der Waals surface area contributed by atoms with Gasteiger partial charge in [-0.05, 0) is 49.7 Å². The van der Waals surface area contributed by atoms with Gasteiger partial charge in [-0.25, -0.2) is 4.79 Å². The lowest BCUT2D eigenvalue weighted by Crippen LogP contribution is -2.39. The molecule has 3 rings (SSSR count). The molecule has 0 bridgehead atoms. The molecule has 0 spiro atoms. The van der Waals surface area contributed by atoms with E-state index in [-0.39, 0.29) is 11.2 Å². The van der Waals surface area contributed by atoms with Crippen LogP contribution in [0.4, 0.5) is 4.79 Å². The molecule has 2 aromatic rings. The Morgan fingerprint density at radius 2 is 1.61 bits per heavy atom. The van der Waals surface area contributed by atoms with Crippen LogP contribution in [0.3, 0.4) is 0 Å². The smallest absolute Gasteiger partial charge is 0.405 e. The molecule has 2 aromatic carbocycles. The summed E-state index contributed by atoms with van der Waals surface area (Å²) in [7, 11) is 0. The van der Waals surface area contributed by atoms with Gasteiger partial charge in [0, 0.05) is 12.0 Å². The first-order valence-corrected chi connectivity index (χ1v) is 9.96. The summed E-state index contributed by atoms with van der Waals surface area (Å²) in [5.74, 6) is 0.121. The minimum atomic E-state index is -0.736. The van der Waals surface area contributed by atoms with Crippen LogP contribution in [0.2, 0.25) is 0 Å². The number of primary amides is 1. The third-order valence-electron chi connectivity index (χ3n) is 5.73. The Morgan fingerprint density at radius 3 is 2.18 bits per heavy atom. The Hall–Kier alpha value is -2.62. The van der Waals surface area contributed by atoms with Crippen molar-refractivity contribution in [3.63, 3.8) is 0 Å². The van der Waals surface area contributed by atoms with Gasteiger partial charge in [0.1, 0.15) is 5.60 Å². The van der Waals surface area contributed by atoms with Gasteiger partial charge in [0.2, 0.25) is 0 Å². The molecule has 0 aliphatic heterocycles. The van der Waals surface area contributed by atoms with Gasteiger partial charge < -0.3 is 10.5 Å². The molecule has 148 valence electrons. The zero-order valence-electron chi connectivity index (χ0n) is 16.7. The third kappa shape index (κ3) is 4.80. The topological polar surface area (TPSA) is 69.4 Å². The average molecular weight is 380 g/mol. The molecule has 0 atom stereocenters. The number of carbonyl (C=O) groups excluding carboxylic acids is 2. The second-order valence-corrected chi connectivity index (χ2v) is 8.51. The van der Waals surface area contributed by atoms with Crippen LogP contribution in [0.1, 0.15) is 67.4 Å². The number of ether oxygens (including phenoxy) is 1. The number of Topliss-reactive ketones (excluding diaryl/α,β-unsaturated/α-hetero) is 1. The number of carbonyl (C=O) groups is 2. The van der Waals surface area contributed by atoms with E-state index in [1.807, 2.05) is 56.3 Å². The molecule has 1 saturated carbocycles. The highest BCUT2D eigenvalue weighted by Gasteiger charge is 2.41. The number of benzene rings is 2. The van der Waals surface area contributed by atoms with E-state index >= 15 is 0 Å². The zero-order valence-corrected chi connectivity index (χ0v) is 16.7. The normalized spacial score (nSPS) is 15.9. The number of hydrogen-bond donors (Lipinski definition) is 1. The van der Waals surface area contributed by atoms with Gasteiger partial charge in [0.15, 0.2) is 5.78 Å². The molecule has 1 aliphatic rings. The fraction of sp³-hybridized carbons (Fsp3) is 0.417. The fourth-order valence-corrected chi connectivity index (χ4v) is 4.64. The van der Waals surface area contributed by atoms with Crippen molar-refractivity contribution in [2.24, 2.45) is 5.73 Å². The van der Waals surface area contributed by atoms with E-state index in [0.717, 1.165) is 43.2 Å². The molecule has 1 fully saturated rings. The summed E-state index contributed by atoms with van der Waals surface area (Å²) in [6.45, 7) is 3.82. The molecule has 0 unspecified atom stereocenters. The minimum absolute atomic E-state index is 0.0417. The number of hydrogen-bond acceptors (Lipinski definition) is 3. The van der Waals surface area contributed by atoms with E-state index in [9.17, 15) is 9.59 Å². The maximum Gasteiger partial charge on any atom is 0.405 e. The summed E-state index contributed by atoms with van der Waals surface area (Å²) in [5, 5.41) is 0. The summed E-state index contributed by atoms with van der Waals surface area (Å²) in [6, 6.07) is 17.8. The Kier molecular flexibility index (Phi) is 5.87. The molecule has 0 aromatic heterocycles. The number of rotatable bonds is 7. The van der Waals surface area contributed by atoms with E-state index in [1.54, 1.807) is 0 Å². The molecule has 1 amide bonds. The Bertz CT molecular complexity index is 819. The molecule has 4 nitrogen and oxygen atoms in total. The van der Waals surface area contributed by atoms with Crippen LogP contribution in [0.5, 0.6) is 0 Å². The Balaban J connectivity index is 1.77. The number of ketones is 1. The molecule has 0 radical (unpaired) electrons. The summed E-state index contributed by atoms with van der Waals surface area (Å²) in [4.78, 5) is 23.9. The zero-order chi connectivity index (χ0) is 20.2. The van der Waals surface area contributed by atoms with Gasteiger partial charge in [-0.1, -0.05) is 67.4 Å². The van der Waals surface area contributed by atoms with Crippen molar-refractivity contribution < 1.29 is 14.3 Å². The molecule has 1 aliphatic carbocycles. The summed E-state index contributed by atoms with van der Waals surface area (Å²) in [5.41, 5.74) is 7.55. The van der Waals surface area contributed by atoms with Crippen molar-refractivity contribution >= 4 is 11.9 Å².